The van der Waals surface area contributed by atoms with E-state index in [4.69, 9.17) is 10.7 Å². The average molecular weight is 310 g/mol. The van der Waals surface area contributed by atoms with Gasteiger partial charge in [0.1, 0.15) is 0 Å². The van der Waals surface area contributed by atoms with E-state index >= 15 is 0 Å². The molecule has 1 aromatic rings. The van der Waals surface area contributed by atoms with Crippen LogP contribution in [-0.4, -0.2) is 23.1 Å². The molecule has 0 N–H and O–H groups in total. The van der Waals surface area contributed by atoms with Gasteiger partial charge in [-0.15, -0.1) is 0 Å². The lowest BCUT2D eigenvalue weighted by Crippen LogP contribution is -2.03. The van der Waals surface area contributed by atoms with Gasteiger partial charge in [0.05, 0.1) is 17.3 Å². The van der Waals surface area contributed by atoms with Gasteiger partial charge in [-0.2, -0.15) is 4.68 Å². The van der Waals surface area contributed by atoms with Crippen LogP contribution in [0.5, 0.6) is 0 Å². The van der Waals surface area contributed by atoms with E-state index < -0.39 is 24.7 Å². The van der Waals surface area contributed by atoms with Gasteiger partial charge in [-0.25, -0.2) is 8.42 Å². The molecule has 1 aromatic heterocycles. The number of rotatable bonds is 7. The first-order valence-corrected chi connectivity index (χ1v) is 8.26. The van der Waals surface area contributed by atoms with Gasteiger partial charge in [0.2, 0.25) is 4.90 Å². The number of aryl methyl sites for hydroxylation is 1. The third kappa shape index (κ3) is 3.90. The third-order valence-corrected chi connectivity index (χ3v) is 4.20. The van der Waals surface area contributed by atoms with Gasteiger partial charge in [-0.3, -0.25) is 0 Å². The van der Waals surface area contributed by atoms with Gasteiger partial charge < -0.3 is 10.1 Å². The average Bonchev–Trinajstić information content (AvgIpc) is 2.62. The van der Waals surface area contributed by atoms with Crippen molar-refractivity contribution >= 4 is 25.6 Å². The van der Waals surface area contributed by atoms with E-state index in [0.29, 0.717) is 6.54 Å². The summed E-state index contributed by atoms with van der Waals surface area (Å²) in [4.78, 5) is 9.48. The van der Waals surface area contributed by atoms with Crippen molar-refractivity contribution in [3.05, 3.63) is 15.8 Å². The molecule has 0 saturated heterocycles. The normalized spacial score (nSPS) is 11.7. The SMILES string of the molecule is CCCCCCn1nc([N+](=O)[O-])c(S(=O)(=O)Cl)c1C. The zero-order valence-corrected chi connectivity index (χ0v) is 12.4. The van der Waals surface area contributed by atoms with Gasteiger partial charge >= 0.3 is 5.82 Å². The first kappa shape index (κ1) is 15.9. The van der Waals surface area contributed by atoms with Crippen molar-refractivity contribution in [2.45, 2.75) is 51.0 Å². The summed E-state index contributed by atoms with van der Waals surface area (Å²) in [5, 5.41) is 14.5. The summed E-state index contributed by atoms with van der Waals surface area (Å²) in [7, 11) is 1.05. The highest BCUT2D eigenvalue weighted by molar-refractivity contribution is 8.13. The topological polar surface area (TPSA) is 95.1 Å². The van der Waals surface area contributed by atoms with Crippen LogP contribution in [0.3, 0.4) is 0 Å². The molecule has 0 saturated carbocycles. The second-order valence-corrected chi connectivity index (χ2v) is 6.72. The Hall–Kier alpha value is -1.15. The Labute approximate surface area is 116 Å². The maximum absolute atomic E-state index is 11.4. The van der Waals surface area contributed by atoms with E-state index in [1.54, 1.807) is 0 Å². The Balaban J connectivity index is 3.06. The fraction of sp³-hybridized carbons (Fsp3) is 0.700. The van der Waals surface area contributed by atoms with Gasteiger partial charge in [0.15, 0.2) is 0 Å². The summed E-state index contributed by atoms with van der Waals surface area (Å²) in [5.74, 6) is -0.706. The predicted molar refractivity (Wildman–Crippen MR) is 70.8 cm³/mol. The lowest BCUT2D eigenvalue weighted by molar-refractivity contribution is -0.392. The summed E-state index contributed by atoms with van der Waals surface area (Å²) >= 11 is 0. The van der Waals surface area contributed by atoms with Crippen LogP contribution >= 0.6 is 10.7 Å². The number of unbranched alkanes of at least 4 members (excludes halogenated alkanes) is 3. The fourth-order valence-electron chi connectivity index (χ4n) is 1.82. The highest BCUT2D eigenvalue weighted by Gasteiger charge is 2.33. The molecule has 19 heavy (non-hydrogen) atoms. The van der Waals surface area contributed by atoms with Crippen LogP contribution in [0.2, 0.25) is 0 Å². The number of aromatic nitrogens is 2. The quantitative estimate of drug-likeness (QED) is 0.334. The number of halogens is 1. The van der Waals surface area contributed by atoms with E-state index in [1.165, 1.54) is 11.6 Å². The molecule has 9 heteroatoms. The number of hydrogen-bond donors (Lipinski definition) is 0. The Bertz CT molecular complexity index is 568. The summed E-state index contributed by atoms with van der Waals surface area (Å²) in [6, 6.07) is 0. The van der Waals surface area contributed by atoms with Crippen LogP contribution in [0.15, 0.2) is 4.90 Å². The first-order chi connectivity index (χ1) is 8.79. The summed E-state index contributed by atoms with van der Waals surface area (Å²) in [6.07, 6.45) is 3.88. The molecule has 1 heterocycles. The molecule has 0 fully saturated rings. The summed E-state index contributed by atoms with van der Waals surface area (Å²) in [6.45, 7) is 3.98. The maximum atomic E-state index is 11.4. The molecule has 0 aliphatic rings. The van der Waals surface area contributed by atoms with Crippen LogP contribution < -0.4 is 0 Å². The Kier molecular flexibility index (Phi) is 5.30. The number of nitrogens with zero attached hydrogens (tertiary/aromatic N) is 3. The highest BCUT2D eigenvalue weighted by Crippen LogP contribution is 2.29. The molecule has 0 amide bonds. The summed E-state index contributed by atoms with van der Waals surface area (Å²) in [5.41, 5.74) is 0.207. The molecular weight excluding hydrogens is 294 g/mol. The van der Waals surface area contributed by atoms with Crippen LogP contribution in [0.4, 0.5) is 5.82 Å². The van der Waals surface area contributed by atoms with Crippen molar-refractivity contribution in [3.8, 4) is 0 Å². The minimum atomic E-state index is -4.18. The minimum absolute atomic E-state index is 0.207. The second kappa shape index (κ2) is 6.33. The van der Waals surface area contributed by atoms with E-state index in [1.807, 2.05) is 0 Å². The van der Waals surface area contributed by atoms with Crippen LogP contribution in [0.1, 0.15) is 38.3 Å². The molecule has 0 spiro atoms. The highest BCUT2D eigenvalue weighted by atomic mass is 35.7. The van der Waals surface area contributed by atoms with Crippen molar-refractivity contribution in [3.63, 3.8) is 0 Å². The van der Waals surface area contributed by atoms with Crippen molar-refractivity contribution in [2.75, 3.05) is 0 Å². The molecule has 108 valence electrons. The summed E-state index contributed by atoms with van der Waals surface area (Å²) < 4.78 is 24.1. The molecule has 0 aromatic carbocycles. The van der Waals surface area contributed by atoms with Gasteiger partial charge in [-0.05, 0) is 18.3 Å². The number of hydrogen-bond acceptors (Lipinski definition) is 5. The standard InChI is InChI=1S/C10H16ClN3O4S/c1-3-4-5-6-7-13-8(2)9(19(11,17)18)10(12-13)14(15)16/h3-7H2,1-2H3. The molecule has 7 nitrogen and oxygen atoms in total. The van der Waals surface area contributed by atoms with Crippen LogP contribution in [0.25, 0.3) is 0 Å². The molecule has 1 rings (SSSR count). The van der Waals surface area contributed by atoms with Crippen LogP contribution in [-0.2, 0) is 15.6 Å². The van der Waals surface area contributed by atoms with E-state index in [9.17, 15) is 18.5 Å². The maximum Gasteiger partial charge on any atom is 0.410 e. The molecule has 0 aliphatic carbocycles. The molecule has 0 radical (unpaired) electrons. The van der Waals surface area contributed by atoms with Crippen LogP contribution in [0, 0.1) is 17.0 Å². The predicted octanol–water partition coefficient (Wildman–Crippen LogP) is 2.61. The van der Waals surface area contributed by atoms with Gasteiger partial charge in [0.25, 0.3) is 9.05 Å². The molecular formula is C10H16ClN3O4S. The van der Waals surface area contributed by atoms with Crippen molar-refractivity contribution in [1.29, 1.82) is 0 Å². The van der Waals surface area contributed by atoms with E-state index in [-0.39, 0.29) is 5.69 Å². The lowest BCUT2D eigenvalue weighted by Gasteiger charge is -1.99. The van der Waals surface area contributed by atoms with E-state index in [0.717, 1.165) is 25.7 Å². The Morgan fingerprint density at radius 3 is 2.42 bits per heavy atom. The molecule has 0 atom stereocenters. The van der Waals surface area contributed by atoms with Crippen molar-refractivity contribution < 1.29 is 13.3 Å². The minimum Gasteiger partial charge on any atom is -0.358 e. The smallest absolute Gasteiger partial charge is 0.358 e. The monoisotopic (exact) mass is 309 g/mol. The van der Waals surface area contributed by atoms with Gasteiger partial charge in [0, 0.05) is 10.7 Å². The first-order valence-electron chi connectivity index (χ1n) is 5.95. The molecule has 0 bridgehead atoms. The Morgan fingerprint density at radius 2 is 2.00 bits per heavy atom. The fourth-order valence-corrected chi connectivity index (χ4v) is 3.16. The zero-order chi connectivity index (χ0) is 14.6. The second-order valence-electron chi connectivity index (χ2n) is 4.22. The van der Waals surface area contributed by atoms with E-state index in [2.05, 4.69) is 12.0 Å². The third-order valence-electron chi connectivity index (χ3n) is 2.77. The largest absolute Gasteiger partial charge is 0.410 e. The Morgan fingerprint density at radius 1 is 1.37 bits per heavy atom. The zero-order valence-electron chi connectivity index (χ0n) is 10.8. The molecule has 0 aliphatic heterocycles. The van der Waals surface area contributed by atoms with Crippen molar-refractivity contribution in [1.82, 2.24) is 9.78 Å². The number of nitro groups is 1. The molecule has 0 unspecified atom stereocenters. The lowest BCUT2D eigenvalue weighted by atomic mass is 10.2. The van der Waals surface area contributed by atoms with Crippen molar-refractivity contribution in [2.24, 2.45) is 0 Å². The van der Waals surface area contributed by atoms with Gasteiger partial charge in [-0.1, -0.05) is 26.2 Å².